The summed E-state index contributed by atoms with van der Waals surface area (Å²) < 4.78 is 31.6. The highest BCUT2D eigenvalue weighted by atomic mass is 127. The van der Waals surface area contributed by atoms with Crippen molar-refractivity contribution in [1.82, 2.24) is 28.7 Å². The average Bonchev–Trinajstić information content (AvgIpc) is 3.48. The van der Waals surface area contributed by atoms with Crippen LogP contribution in [0.25, 0.3) is 22.6 Å². The van der Waals surface area contributed by atoms with Gasteiger partial charge in [0.1, 0.15) is 24.5 Å². The summed E-state index contributed by atoms with van der Waals surface area (Å²) >= 11 is 8.83. The molecule has 2 N–H and O–H groups in total. The lowest BCUT2D eigenvalue weighted by molar-refractivity contribution is 0.425. The fourth-order valence-corrected chi connectivity index (χ4v) is 4.31. The van der Waals surface area contributed by atoms with Gasteiger partial charge in [-0.1, -0.05) is 12.1 Å². The van der Waals surface area contributed by atoms with Gasteiger partial charge in [-0.05, 0) is 96.3 Å². The number of imidazole rings is 2. The van der Waals surface area contributed by atoms with Crippen LogP contribution in [0.15, 0.2) is 94.9 Å². The van der Waals surface area contributed by atoms with Crippen molar-refractivity contribution >= 4 is 78.3 Å². The Morgan fingerprint density at radius 1 is 0.684 bits per heavy atom. The molecular weight excluding hydrogens is 740 g/mol. The van der Waals surface area contributed by atoms with E-state index in [9.17, 15) is 8.78 Å². The van der Waals surface area contributed by atoms with Gasteiger partial charge >= 0.3 is 7.12 Å². The van der Waals surface area contributed by atoms with Gasteiger partial charge in [0.2, 0.25) is 0 Å². The Bertz CT molecular complexity index is 1670. The van der Waals surface area contributed by atoms with Crippen LogP contribution in [0.1, 0.15) is 0 Å². The molecule has 0 bridgehead atoms. The van der Waals surface area contributed by atoms with Crippen LogP contribution in [0.3, 0.4) is 0 Å². The number of hydrogen-bond acceptors (Lipinski definition) is 6. The third-order valence-electron chi connectivity index (χ3n) is 4.99. The molecular formula is C24H16BBr2F2IN6O2. The molecule has 8 nitrogen and oxygen atoms in total. The molecule has 2 aromatic carbocycles. The molecule has 192 valence electrons. The van der Waals surface area contributed by atoms with E-state index in [2.05, 4.69) is 74.4 Å². The maximum absolute atomic E-state index is 12.9. The Labute approximate surface area is 246 Å². The molecule has 6 aromatic rings. The van der Waals surface area contributed by atoms with Gasteiger partial charge in [0.05, 0.1) is 30.5 Å². The van der Waals surface area contributed by atoms with Crippen LogP contribution in [0.4, 0.5) is 8.78 Å². The first-order chi connectivity index (χ1) is 18.2. The molecule has 0 amide bonds. The SMILES string of the molecule is Brc1cn2c(I)cnc2cn1.Fc1ccc(-c2cnc3cnc(Br)cn23)cc1.OB(O)c1ccc(F)cc1. The lowest BCUT2D eigenvalue weighted by Gasteiger charge is -2.01. The highest BCUT2D eigenvalue weighted by Gasteiger charge is 2.09. The second-order valence-corrected chi connectivity index (χ2v) is 10.3. The zero-order chi connectivity index (χ0) is 27.2. The molecule has 4 aromatic heterocycles. The summed E-state index contributed by atoms with van der Waals surface area (Å²) in [6.07, 6.45) is 10.7. The molecule has 0 spiro atoms. The molecule has 0 aliphatic rings. The van der Waals surface area contributed by atoms with Crippen molar-refractivity contribution in [2.45, 2.75) is 0 Å². The fraction of sp³-hybridized carbons (Fsp3) is 0. The molecule has 0 atom stereocenters. The Hall–Kier alpha value is -2.79. The number of fused-ring (bicyclic) bond motifs is 2. The van der Waals surface area contributed by atoms with Gasteiger partial charge in [-0.25, -0.2) is 28.7 Å². The van der Waals surface area contributed by atoms with Crippen LogP contribution in [-0.4, -0.2) is 45.9 Å². The number of nitrogens with zero attached hydrogens (tertiary/aromatic N) is 6. The summed E-state index contributed by atoms with van der Waals surface area (Å²) in [5.41, 5.74) is 3.74. The minimum atomic E-state index is -1.51. The van der Waals surface area contributed by atoms with Crippen LogP contribution in [0.2, 0.25) is 0 Å². The van der Waals surface area contributed by atoms with Crippen molar-refractivity contribution in [3.05, 3.63) is 110 Å². The summed E-state index contributed by atoms with van der Waals surface area (Å²) in [4.78, 5) is 16.5. The van der Waals surface area contributed by atoms with E-state index < -0.39 is 7.12 Å². The lowest BCUT2D eigenvalue weighted by Crippen LogP contribution is -2.29. The largest absolute Gasteiger partial charge is 0.488 e. The van der Waals surface area contributed by atoms with Crippen LogP contribution in [0, 0.1) is 15.3 Å². The second kappa shape index (κ2) is 12.8. The van der Waals surface area contributed by atoms with E-state index in [4.69, 9.17) is 10.0 Å². The molecule has 0 unspecified atom stereocenters. The summed E-state index contributed by atoms with van der Waals surface area (Å²) in [7, 11) is -1.51. The quantitative estimate of drug-likeness (QED) is 0.193. The average molecular weight is 756 g/mol. The minimum Gasteiger partial charge on any atom is -0.423 e. The van der Waals surface area contributed by atoms with Gasteiger partial charge in [0, 0.05) is 18.0 Å². The standard InChI is InChI=1S/C12H7BrFN3.C6H6BFO2.C6H3BrIN3/c13-11-7-17-10(5-16-12(17)6-15-11)8-1-3-9(14)4-2-8;8-6-3-1-5(2-4-6)7(9)10;7-4-3-11-5(8)1-10-6(11)2-9-4/h1-7H;1-4,9-10H;1-3H. The Kier molecular flexibility index (Phi) is 9.54. The van der Waals surface area contributed by atoms with E-state index in [1.165, 1.54) is 36.4 Å². The predicted octanol–water partition coefficient (Wildman–Crippen LogP) is 4.90. The molecule has 0 fully saturated rings. The molecule has 6 rings (SSSR count). The van der Waals surface area contributed by atoms with Crippen LogP contribution in [-0.2, 0) is 0 Å². The Morgan fingerprint density at radius 2 is 1.18 bits per heavy atom. The van der Waals surface area contributed by atoms with Gasteiger partial charge in [-0.15, -0.1) is 0 Å². The summed E-state index contributed by atoms with van der Waals surface area (Å²) in [6.45, 7) is 0. The smallest absolute Gasteiger partial charge is 0.423 e. The van der Waals surface area contributed by atoms with E-state index >= 15 is 0 Å². The number of benzene rings is 2. The van der Waals surface area contributed by atoms with Crippen LogP contribution >= 0.6 is 54.5 Å². The molecule has 38 heavy (non-hydrogen) atoms. The van der Waals surface area contributed by atoms with Crippen molar-refractivity contribution in [1.29, 1.82) is 0 Å². The normalized spacial score (nSPS) is 10.5. The molecule has 0 aliphatic carbocycles. The van der Waals surface area contributed by atoms with E-state index in [1.807, 2.05) is 27.4 Å². The molecule has 14 heteroatoms. The van der Waals surface area contributed by atoms with E-state index in [0.29, 0.717) is 5.46 Å². The summed E-state index contributed by atoms with van der Waals surface area (Å²) in [5, 5.41) is 17.1. The van der Waals surface area contributed by atoms with Crippen LogP contribution in [0.5, 0.6) is 0 Å². The highest BCUT2D eigenvalue weighted by Crippen LogP contribution is 2.22. The fourth-order valence-electron chi connectivity index (χ4n) is 3.17. The van der Waals surface area contributed by atoms with Gasteiger partial charge in [0.15, 0.2) is 11.3 Å². The predicted molar refractivity (Wildman–Crippen MR) is 156 cm³/mol. The number of hydrogen-bond donors (Lipinski definition) is 2. The van der Waals surface area contributed by atoms with Crippen molar-refractivity contribution in [2.75, 3.05) is 0 Å². The Balaban J connectivity index is 0.000000140. The maximum atomic E-state index is 12.9. The first-order valence-electron chi connectivity index (χ1n) is 10.7. The molecule has 0 aliphatic heterocycles. The number of halogens is 5. The first-order valence-corrected chi connectivity index (χ1v) is 13.4. The highest BCUT2D eigenvalue weighted by molar-refractivity contribution is 14.1. The van der Waals surface area contributed by atoms with Gasteiger partial charge in [0.25, 0.3) is 0 Å². The van der Waals surface area contributed by atoms with Gasteiger partial charge < -0.3 is 10.0 Å². The third kappa shape index (κ3) is 7.20. The second-order valence-electron chi connectivity index (χ2n) is 7.53. The number of rotatable bonds is 2. The minimum absolute atomic E-state index is 0.245. The summed E-state index contributed by atoms with van der Waals surface area (Å²) in [6, 6.07) is 11.3. The van der Waals surface area contributed by atoms with Gasteiger partial charge in [-0.2, -0.15) is 0 Å². The zero-order valence-corrected chi connectivity index (χ0v) is 24.5. The van der Waals surface area contributed by atoms with E-state index in [0.717, 1.165) is 35.5 Å². The monoisotopic (exact) mass is 754 g/mol. The zero-order valence-electron chi connectivity index (χ0n) is 19.1. The van der Waals surface area contributed by atoms with E-state index in [1.54, 1.807) is 30.7 Å². The van der Waals surface area contributed by atoms with Crippen molar-refractivity contribution in [3.63, 3.8) is 0 Å². The lowest BCUT2D eigenvalue weighted by atomic mass is 9.80. The summed E-state index contributed by atoms with van der Waals surface area (Å²) in [5.74, 6) is -0.630. The van der Waals surface area contributed by atoms with E-state index in [-0.39, 0.29) is 11.6 Å². The number of aromatic nitrogens is 6. The van der Waals surface area contributed by atoms with Crippen molar-refractivity contribution in [2.24, 2.45) is 0 Å². The van der Waals surface area contributed by atoms with Crippen molar-refractivity contribution in [3.8, 4) is 11.3 Å². The topological polar surface area (TPSA) is 101 Å². The van der Waals surface area contributed by atoms with Gasteiger partial charge in [-0.3, -0.25) is 8.80 Å². The maximum Gasteiger partial charge on any atom is 0.488 e. The molecule has 4 heterocycles. The molecule has 0 saturated heterocycles. The van der Waals surface area contributed by atoms with Crippen molar-refractivity contribution < 1.29 is 18.8 Å². The Morgan fingerprint density at radius 3 is 1.76 bits per heavy atom. The molecule has 0 saturated carbocycles. The molecule has 0 radical (unpaired) electrons. The van der Waals surface area contributed by atoms with Crippen LogP contribution < -0.4 is 5.46 Å². The third-order valence-corrected chi connectivity index (χ3v) is 6.61. The first kappa shape index (κ1) is 28.2.